The lowest BCUT2D eigenvalue weighted by atomic mass is 10.0. The van der Waals surface area contributed by atoms with Crippen LogP contribution < -0.4 is 5.32 Å². The van der Waals surface area contributed by atoms with Gasteiger partial charge in [0.1, 0.15) is 17.4 Å². The smallest absolute Gasteiger partial charge is 0.138 e. The molecule has 2 aromatic rings. The van der Waals surface area contributed by atoms with Gasteiger partial charge in [-0.25, -0.2) is 0 Å². The van der Waals surface area contributed by atoms with Crippen molar-refractivity contribution in [3.05, 3.63) is 35.6 Å². The fourth-order valence-corrected chi connectivity index (χ4v) is 3.31. The number of nitrogens with one attached hydrogen (secondary N) is 1. The highest BCUT2D eigenvalue weighted by Crippen LogP contribution is 2.39. The maximum Gasteiger partial charge on any atom is 0.138 e. The molecule has 0 amide bonds. The number of benzene rings is 1. The second-order valence-corrected chi connectivity index (χ2v) is 5.95. The van der Waals surface area contributed by atoms with Crippen molar-refractivity contribution in [3.63, 3.8) is 0 Å². The van der Waals surface area contributed by atoms with Gasteiger partial charge >= 0.3 is 0 Å². The third-order valence-electron chi connectivity index (χ3n) is 4.54. The van der Waals surface area contributed by atoms with Crippen LogP contribution in [0.25, 0.3) is 11.0 Å². The molecule has 2 heterocycles. The van der Waals surface area contributed by atoms with E-state index in [2.05, 4.69) is 24.4 Å². The van der Waals surface area contributed by atoms with E-state index in [1.54, 1.807) is 0 Å². The Bertz CT molecular complexity index is 614. The summed E-state index contributed by atoms with van der Waals surface area (Å²) in [6.45, 7) is 4.04. The van der Waals surface area contributed by atoms with Crippen molar-refractivity contribution in [2.24, 2.45) is 5.92 Å². The zero-order valence-corrected chi connectivity index (χ0v) is 11.9. The summed E-state index contributed by atoms with van der Waals surface area (Å²) in [5.41, 5.74) is 2.29. The number of aryl methyl sites for hydroxylation is 1. The molecule has 1 saturated carbocycles. The Morgan fingerprint density at radius 2 is 2.05 bits per heavy atom. The van der Waals surface area contributed by atoms with Gasteiger partial charge in [0.2, 0.25) is 0 Å². The lowest BCUT2D eigenvalue weighted by Crippen LogP contribution is -2.41. The SMILES string of the molecule is CCc1c(C2CNCC(C3CC3)O2)oc2ccccc12. The van der Waals surface area contributed by atoms with E-state index in [4.69, 9.17) is 9.15 Å². The van der Waals surface area contributed by atoms with E-state index in [-0.39, 0.29) is 6.10 Å². The van der Waals surface area contributed by atoms with E-state index < -0.39 is 0 Å². The van der Waals surface area contributed by atoms with Crippen molar-refractivity contribution >= 4 is 11.0 Å². The Hall–Kier alpha value is -1.32. The Kier molecular flexibility index (Phi) is 3.04. The molecule has 0 bridgehead atoms. The van der Waals surface area contributed by atoms with Crippen LogP contribution >= 0.6 is 0 Å². The summed E-state index contributed by atoms with van der Waals surface area (Å²) in [5, 5.41) is 4.75. The van der Waals surface area contributed by atoms with Crippen LogP contribution in [-0.4, -0.2) is 19.2 Å². The van der Waals surface area contributed by atoms with Crippen LogP contribution in [0.1, 0.15) is 37.2 Å². The normalized spacial score (nSPS) is 27.1. The van der Waals surface area contributed by atoms with Gasteiger partial charge in [0, 0.05) is 24.0 Å². The lowest BCUT2D eigenvalue weighted by molar-refractivity contribution is -0.0583. The summed E-state index contributed by atoms with van der Waals surface area (Å²) in [5.74, 6) is 1.80. The molecule has 2 fully saturated rings. The molecule has 0 radical (unpaired) electrons. The van der Waals surface area contributed by atoms with Gasteiger partial charge in [-0.2, -0.15) is 0 Å². The topological polar surface area (TPSA) is 34.4 Å². The molecule has 3 nitrogen and oxygen atoms in total. The van der Waals surface area contributed by atoms with Gasteiger partial charge in [0.15, 0.2) is 0 Å². The van der Waals surface area contributed by atoms with Crippen molar-refractivity contribution in [1.82, 2.24) is 5.32 Å². The number of ether oxygens (including phenoxy) is 1. The van der Waals surface area contributed by atoms with Crippen molar-refractivity contribution < 1.29 is 9.15 Å². The number of rotatable bonds is 3. The highest BCUT2D eigenvalue weighted by Gasteiger charge is 2.37. The van der Waals surface area contributed by atoms with Crippen molar-refractivity contribution in [2.45, 2.75) is 38.4 Å². The second kappa shape index (κ2) is 4.90. The molecule has 4 rings (SSSR count). The van der Waals surface area contributed by atoms with Gasteiger partial charge in [-0.05, 0) is 31.2 Å². The standard InChI is InChI=1S/C17H21NO2/c1-2-12-13-5-3-4-6-14(13)20-17(12)16-10-18-9-15(19-16)11-7-8-11/h3-6,11,15-16,18H,2,7-10H2,1H3. The van der Waals surface area contributed by atoms with Crippen LogP contribution in [0, 0.1) is 5.92 Å². The van der Waals surface area contributed by atoms with Crippen LogP contribution in [0.4, 0.5) is 0 Å². The van der Waals surface area contributed by atoms with Crippen LogP contribution in [-0.2, 0) is 11.2 Å². The quantitative estimate of drug-likeness (QED) is 0.928. The molecule has 3 heteroatoms. The molecule has 1 aliphatic heterocycles. The summed E-state index contributed by atoms with van der Waals surface area (Å²) in [7, 11) is 0. The summed E-state index contributed by atoms with van der Waals surface area (Å²) < 4.78 is 12.4. The minimum Gasteiger partial charge on any atom is -0.458 e. The summed E-state index contributed by atoms with van der Waals surface area (Å²) in [6.07, 6.45) is 4.06. The monoisotopic (exact) mass is 271 g/mol. The number of hydrogen-bond donors (Lipinski definition) is 1. The van der Waals surface area contributed by atoms with E-state index in [1.807, 2.05) is 12.1 Å². The Morgan fingerprint density at radius 3 is 2.85 bits per heavy atom. The number of para-hydroxylation sites is 1. The summed E-state index contributed by atoms with van der Waals surface area (Å²) in [6, 6.07) is 8.30. The van der Waals surface area contributed by atoms with Gasteiger partial charge in [-0.1, -0.05) is 25.1 Å². The van der Waals surface area contributed by atoms with E-state index in [9.17, 15) is 0 Å². The van der Waals surface area contributed by atoms with Gasteiger partial charge in [-0.15, -0.1) is 0 Å². The Labute approximate surface area is 119 Å². The number of morpholine rings is 1. The van der Waals surface area contributed by atoms with E-state index in [0.29, 0.717) is 6.10 Å². The zero-order chi connectivity index (χ0) is 13.5. The second-order valence-electron chi connectivity index (χ2n) is 5.95. The fourth-order valence-electron chi connectivity index (χ4n) is 3.31. The maximum absolute atomic E-state index is 6.31. The van der Waals surface area contributed by atoms with E-state index >= 15 is 0 Å². The first-order valence-electron chi connectivity index (χ1n) is 7.73. The first-order valence-corrected chi connectivity index (χ1v) is 7.73. The van der Waals surface area contributed by atoms with Gasteiger partial charge in [0.25, 0.3) is 0 Å². The Balaban J connectivity index is 1.69. The maximum atomic E-state index is 6.31. The van der Waals surface area contributed by atoms with Crippen LogP contribution in [0.15, 0.2) is 28.7 Å². The molecule has 20 heavy (non-hydrogen) atoms. The predicted octanol–water partition coefficient (Wildman–Crippen LogP) is 3.43. The molecule has 2 atom stereocenters. The van der Waals surface area contributed by atoms with Crippen molar-refractivity contribution in [2.75, 3.05) is 13.1 Å². The molecule has 1 aliphatic carbocycles. The highest BCUT2D eigenvalue weighted by molar-refractivity contribution is 5.82. The molecule has 1 N–H and O–H groups in total. The first-order chi connectivity index (χ1) is 9.86. The first kappa shape index (κ1) is 12.4. The molecule has 106 valence electrons. The van der Waals surface area contributed by atoms with Gasteiger partial charge < -0.3 is 14.5 Å². The minimum atomic E-state index is 0.0664. The van der Waals surface area contributed by atoms with Crippen LogP contribution in [0.2, 0.25) is 0 Å². The third-order valence-corrected chi connectivity index (χ3v) is 4.54. The van der Waals surface area contributed by atoms with E-state index in [1.165, 1.54) is 23.8 Å². The van der Waals surface area contributed by atoms with Gasteiger partial charge in [-0.3, -0.25) is 0 Å². The molecule has 1 aromatic heterocycles. The van der Waals surface area contributed by atoms with Crippen LogP contribution in [0.5, 0.6) is 0 Å². The average molecular weight is 271 g/mol. The van der Waals surface area contributed by atoms with Crippen LogP contribution in [0.3, 0.4) is 0 Å². The molecule has 2 aliphatic rings. The molecule has 1 aromatic carbocycles. The zero-order valence-electron chi connectivity index (χ0n) is 11.9. The number of furan rings is 1. The van der Waals surface area contributed by atoms with E-state index in [0.717, 1.165) is 36.8 Å². The molecule has 0 spiro atoms. The number of hydrogen-bond acceptors (Lipinski definition) is 3. The number of fused-ring (bicyclic) bond motifs is 1. The highest BCUT2D eigenvalue weighted by atomic mass is 16.5. The minimum absolute atomic E-state index is 0.0664. The summed E-state index contributed by atoms with van der Waals surface area (Å²) >= 11 is 0. The van der Waals surface area contributed by atoms with Gasteiger partial charge in [0.05, 0.1) is 6.10 Å². The molecule has 1 saturated heterocycles. The third kappa shape index (κ3) is 2.05. The molecular formula is C17H21NO2. The molecule has 2 unspecified atom stereocenters. The van der Waals surface area contributed by atoms with Crippen molar-refractivity contribution in [3.8, 4) is 0 Å². The van der Waals surface area contributed by atoms with Crippen molar-refractivity contribution in [1.29, 1.82) is 0 Å². The largest absolute Gasteiger partial charge is 0.458 e. The average Bonchev–Trinajstić information content (AvgIpc) is 3.28. The molecular weight excluding hydrogens is 250 g/mol. The summed E-state index contributed by atoms with van der Waals surface area (Å²) in [4.78, 5) is 0. The Morgan fingerprint density at radius 1 is 1.20 bits per heavy atom. The lowest BCUT2D eigenvalue weighted by Gasteiger charge is -2.30. The fraction of sp³-hybridized carbons (Fsp3) is 0.529. The predicted molar refractivity (Wildman–Crippen MR) is 78.8 cm³/mol.